The minimum absolute atomic E-state index is 0.0331. The van der Waals surface area contributed by atoms with Crippen LogP contribution in [-0.4, -0.2) is 29.0 Å². The summed E-state index contributed by atoms with van der Waals surface area (Å²) < 4.78 is 0. The van der Waals surface area contributed by atoms with E-state index in [2.05, 4.69) is 10.6 Å². The molecular weight excluding hydrogens is 364 g/mol. The average molecular weight is 389 g/mol. The summed E-state index contributed by atoms with van der Waals surface area (Å²) in [6.45, 7) is 1.41. The predicted molar refractivity (Wildman–Crippen MR) is 104 cm³/mol. The van der Waals surface area contributed by atoms with Crippen molar-refractivity contribution in [2.75, 3.05) is 11.9 Å². The molecule has 4 bridgehead atoms. The van der Waals surface area contributed by atoms with Gasteiger partial charge in [-0.3, -0.25) is 14.4 Å². The van der Waals surface area contributed by atoms with Crippen LogP contribution in [0.3, 0.4) is 0 Å². The van der Waals surface area contributed by atoms with Crippen molar-refractivity contribution in [3.05, 3.63) is 29.8 Å². The third kappa shape index (κ3) is 3.62. The Hall–Kier alpha value is -1.88. The maximum absolute atomic E-state index is 12.9. The topological polar surface area (TPSA) is 75.3 Å². The van der Waals surface area contributed by atoms with Gasteiger partial charge in [0.1, 0.15) is 0 Å². The summed E-state index contributed by atoms with van der Waals surface area (Å²) in [6, 6.07) is 6.79. The number of hydrogen-bond donors (Lipinski definition) is 2. The smallest absolute Gasteiger partial charge is 0.243 e. The number of benzene rings is 1. The lowest BCUT2D eigenvalue weighted by Crippen LogP contribution is -2.58. The van der Waals surface area contributed by atoms with Crippen molar-refractivity contribution in [3.8, 4) is 0 Å². The number of carbonyl (C=O) groups is 3. The zero-order valence-corrected chi connectivity index (χ0v) is 16.3. The summed E-state index contributed by atoms with van der Waals surface area (Å²) in [5, 5.41) is 5.58. The SMILES string of the molecule is CC(=O)c1cccc(NC(=O)CNC(=O)C23C[C@@H]4C[C@@H](CC(Cl)(C4)C2)C3)c1. The Kier molecular flexibility index (Phi) is 4.53. The Labute approximate surface area is 164 Å². The van der Waals surface area contributed by atoms with E-state index in [-0.39, 0.29) is 29.0 Å². The highest BCUT2D eigenvalue weighted by atomic mass is 35.5. The second-order valence-corrected chi connectivity index (χ2v) is 9.56. The fourth-order valence-corrected chi connectivity index (χ4v) is 6.48. The zero-order chi connectivity index (χ0) is 19.2. The van der Waals surface area contributed by atoms with E-state index in [0.717, 1.165) is 32.1 Å². The van der Waals surface area contributed by atoms with E-state index in [1.165, 1.54) is 13.3 Å². The molecule has 5 nitrogen and oxygen atoms in total. The molecule has 0 aliphatic heterocycles. The van der Waals surface area contributed by atoms with Crippen LogP contribution in [0, 0.1) is 17.3 Å². The molecule has 0 aromatic heterocycles. The molecular formula is C21H25ClN2O3. The first-order valence-electron chi connectivity index (χ1n) is 9.65. The molecule has 4 fully saturated rings. The highest BCUT2D eigenvalue weighted by molar-refractivity contribution is 6.24. The summed E-state index contributed by atoms with van der Waals surface area (Å²) >= 11 is 6.79. The Morgan fingerprint density at radius 1 is 1.15 bits per heavy atom. The van der Waals surface area contributed by atoms with Crippen LogP contribution in [0.1, 0.15) is 55.8 Å². The van der Waals surface area contributed by atoms with E-state index in [9.17, 15) is 14.4 Å². The number of halogens is 1. The van der Waals surface area contributed by atoms with Gasteiger partial charge in [-0.25, -0.2) is 0 Å². The lowest BCUT2D eigenvalue weighted by atomic mass is 9.49. The van der Waals surface area contributed by atoms with Gasteiger partial charge < -0.3 is 10.6 Å². The zero-order valence-electron chi connectivity index (χ0n) is 15.5. The number of amides is 2. The number of rotatable bonds is 5. The molecule has 0 radical (unpaired) electrons. The molecule has 0 spiro atoms. The molecule has 2 unspecified atom stereocenters. The van der Waals surface area contributed by atoms with Gasteiger partial charge in [-0.1, -0.05) is 12.1 Å². The van der Waals surface area contributed by atoms with Crippen LogP contribution in [0.2, 0.25) is 0 Å². The van der Waals surface area contributed by atoms with Crippen molar-refractivity contribution in [1.29, 1.82) is 0 Å². The molecule has 4 aliphatic rings. The number of alkyl halides is 1. The van der Waals surface area contributed by atoms with Gasteiger partial charge in [0.2, 0.25) is 11.8 Å². The van der Waals surface area contributed by atoms with Crippen molar-refractivity contribution in [3.63, 3.8) is 0 Å². The van der Waals surface area contributed by atoms with E-state index >= 15 is 0 Å². The Bertz CT molecular complexity index is 792. The molecule has 5 rings (SSSR count). The minimum atomic E-state index is -0.402. The first kappa shape index (κ1) is 18.5. The number of anilines is 1. The summed E-state index contributed by atoms with van der Waals surface area (Å²) in [7, 11) is 0. The van der Waals surface area contributed by atoms with Crippen molar-refractivity contribution in [1.82, 2.24) is 5.32 Å². The highest BCUT2D eigenvalue weighted by Gasteiger charge is 2.60. The number of carbonyl (C=O) groups excluding carboxylic acids is 3. The highest BCUT2D eigenvalue weighted by Crippen LogP contribution is 2.63. The fourth-order valence-electron chi connectivity index (χ4n) is 5.79. The van der Waals surface area contributed by atoms with Gasteiger partial charge >= 0.3 is 0 Å². The van der Waals surface area contributed by atoms with E-state index in [0.29, 0.717) is 23.1 Å². The van der Waals surface area contributed by atoms with E-state index in [1.807, 2.05) is 0 Å². The molecule has 1 aromatic carbocycles. The van der Waals surface area contributed by atoms with Gasteiger partial charge in [0.05, 0.1) is 12.0 Å². The number of Topliss-reactive ketones (excluding diaryl/α,β-unsaturated/α-hetero) is 1. The van der Waals surface area contributed by atoms with Crippen molar-refractivity contribution < 1.29 is 14.4 Å². The minimum Gasteiger partial charge on any atom is -0.347 e. The number of nitrogens with one attached hydrogen (secondary N) is 2. The van der Waals surface area contributed by atoms with Crippen LogP contribution < -0.4 is 10.6 Å². The van der Waals surface area contributed by atoms with Crippen LogP contribution in [0.25, 0.3) is 0 Å². The standard InChI is InChI=1S/C21H25ClN2O3/c1-13(25)16-3-2-4-17(6-16)24-18(26)11-23-19(27)20-7-14-5-15(8-20)10-21(22,9-14)12-20/h2-4,6,14-15H,5,7-12H2,1H3,(H,23,27)(H,24,26)/t14-,15+,20?,21?. The van der Waals surface area contributed by atoms with E-state index < -0.39 is 5.41 Å². The van der Waals surface area contributed by atoms with Crippen molar-refractivity contribution >= 4 is 34.9 Å². The third-order valence-corrected chi connectivity index (χ3v) is 6.88. The summed E-state index contributed by atoms with van der Waals surface area (Å²) in [5.74, 6) is 0.690. The first-order chi connectivity index (χ1) is 12.8. The molecule has 6 heteroatoms. The molecule has 144 valence electrons. The summed E-state index contributed by atoms with van der Waals surface area (Å²) in [4.78, 5) is 36.4. The lowest BCUT2D eigenvalue weighted by molar-refractivity contribution is -0.145. The van der Waals surface area contributed by atoms with Gasteiger partial charge in [0.15, 0.2) is 5.78 Å². The van der Waals surface area contributed by atoms with Crippen LogP contribution in [0.15, 0.2) is 24.3 Å². The Morgan fingerprint density at radius 3 is 2.48 bits per heavy atom. The van der Waals surface area contributed by atoms with Crippen molar-refractivity contribution in [2.45, 2.75) is 50.3 Å². The van der Waals surface area contributed by atoms with Crippen LogP contribution >= 0.6 is 11.6 Å². The number of ketones is 1. The van der Waals surface area contributed by atoms with E-state index in [1.54, 1.807) is 24.3 Å². The monoisotopic (exact) mass is 388 g/mol. The van der Waals surface area contributed by atoms with Gasteiger partial charge in [-0.15, -0.1) is 11.6 Å². The normalized spacial score (nSPS) is 33.6. The quantitative estimate of drug-likeness (QED) is 0.598. The maximum Gasteiger partial charge on any atom is 0.243 e. The second kappa shape index (κ2) is 6.62. The fraction of sp³-hybridized carbons (Fsp3) is 0.571. The van der Waals surface area contributed by atoms with Crippen LogP contribution in [0.4, 0.5) is 5.69 Å². The molecule has 2 amide bonds. The van der Waals surface area contributed by atoms with Gasteiger partial charge in [0.25, 0.3) is 0 Å². The molecule has 1 aromatic rings. The second-order valence-electron chi connectivity index (χ2n) is 8.76. The third-order valence-electron chi connectivity index (χ3n) is 6.43. The summed E-state index contributed by atoms with van der Waals surface area (Å²) in [5.41, 5.74) is 0.690. The molecule has 4 aliphatic carbocycles. The molecule has 0 saturated heterocycles. The maximum atomic E-state index is 12.9. The summed E-state index contributed by atoms with van der Waals surface area (Å²) in [6.07, 6.45) is 5.75. The number of hydrogen-bond acceptors (Lipinski definition) is 3. The predicted octanol–water partition coefficient (Wildman–Crippen LogP) is 3.52. The van der Waals surface area contributed by atoms with Crippen LogP contribution in [-0.2, 0) is 9.59 Å². The van der Waals surface area contributed by atoms with E-state index in [4.69, 9.17) is 11.6 Å². The first-order valence-corrected chi connectivity index (χ1v) is 10.0. The lowest BCUT2D eigenvalue weighted by Gasteiger charge is -2.59. The molecule has 4 atom stereocenters. The van der Waals surface area contributed by atoms with Gasteiger partial charge in [-0.05, 0) is 69.4 Å². The molecule has 2 N–H and O–H groups in total. The Balaban J connectivity index is 1.36. The average Bonchev–Trinajstić information content (AvgIpc) is 2.57. The largest absolute Gasteiger partial charge is 0.347 e. The molecule has 27 heavy (non-hydrogen) atoms. The molecule has 4 saturated carbocycles. The molecule has 0 heterocycles. The van der Waals surface area contributed by atoms with Gasteiger partial charge in [0, 0.05) is 16.1 Å². The van der Waals surface area contributed by atoms with Crippen LogP contribution in [0.5, 0.6) is 0 Å². The van der Waals surface area contributed by atoms with Gasteiger partial charge in [-0.2, -0.15) is 0 Å². The Morgan fingerprint density at radius 2 is 1.85 bits per heavy atom. The van der Waals surface area contributed by atoms with Crippen molar-refractivity contribution in [2.24, 2.45) is 17.3 Å².